The Kier molecular flexibility index (Phi) is 3.75. The summed E-state index contributed by atoms with van der Waals surface area (Å²) >= 11 is 0. The third kappa shape index (κ3) is 4.45. The van der Waals surface area contributed by atoms with Crippen LogP contribution in [0.25, 0.3) is 0 Å². The largest absolute Gasteiger partial charge is 0.285 e. The van der Waals surface area contributed by atoms with E-state index < -0.39 is 31.4 Å². The molecule has 1 N–H and O–H groups in total. The molecular formula is C7H14O6S2. The maximum absolute atomic E-state index is 11.1. The molecule has 1 unspecified atom stereocenters. The van der Waals surface area contributed by atoms with Crippen molar-refractivity contribution in [2.24, 2.45) is 5.92 Å². The van der Waals surface area contributed by atoms with E-state index in [1.807, 2.05) is 0 Å². The molecule has 0 radical (unpaired) electrons. The van der Waals surface area contributed by atoms with Gasteiger partial charge < -0.3 is 0 Å². The maximum Gasteiger partial charge on any atom is 0.284 e. The SMILES string of the molecule is CC(OS(=O)(=O)CS(=O)(=O)O)C1CCC1. The van der Waals surface area contributed by atoms with Crippen molar-refractivity contribution in [1.29, 1.82) is 0 Å². The van der Waals surface area contributed by atoms with E-state index in [-0.39, 0.29) is 5.92 Å². The molecule has 1 rings (SSSR count). The maximum atomic E-state index is 11.1. The fraction of sp³-hybridized carbons (Fsp3) is 1.00. The average Bonchev–Trinajstić information content (AvgIpc) is 1.71. The summed E-state index contributed by atoms with van der Waals surface area (Å²) in [6, 6.07) is 0. The Morgan fingerprint density at radius 2 is 1.87 bits per heavy atom. The van der Waals surface area contributed by atoms with Crippen LogP contribution >= 0.6 is 0 Å². The van der Waals surface area contributed by atoms with Crippen molar-refractivity contribution < 1.29 is 25.6 Å². The lowest BCUT2D eigenvalue weighted by molar-refractivity contribution is 0.105. The molecule has 0 bridgehead atoms. The van der Waals surface area contributed by atoms with Crippen LogP contribution in [-0.4, -0.2) is 32.6 Å². The highest BCUT2D eigenvalue weighted by Gasteiger charge is 2.30. The second-order valence-corrected chi connectivity index (χ2v) is 7.16. The zero-order valence-corrected chi connectivity index (χ0v) is 9.92. The average molecular weight is 258 g/mol. The minimum absolute atomic E-state index is 0.168. The van der Waals surface area contributed by atoms with Gasteiger partial charge in [-0.2, -0.15) is 16.8 Å². The fourth-order valence-corrected chi connectivity index (χ4v) is 3.73. The lowest BCUT2D eigenvalue weighted by Gasteiger charge is -2.30. The molecule has 1 aliphatic rings. The molecule has 0 aromatic carbocycles. The van der Waals surface area contributed by atoms with Crippen molar-refractivity contribution in [2.75, 3.05) is 5.08 Å². The van der Waals surface area contributed by atoms with Gasteiger partial charge in [-0.25, -0.2) is 0 Å². The minimum atomic E-state index is -4.55. The monoisotopic (exact) mass is 258 g/mol. The Hall–Kier alpha value is -0.180. The van der Waals surface area contributed by atoms with Crippen molar-refractivity contribution in [3.8, 4) is 0 Å². The van der Waals surface area contributed by atoms with Gasteiger partial charge in [-0.1, -0.05) is 6.42 Å². The second-order valence-electron chi connectivity index (χ2n) is 3.75. The van der Waals surface area contributed by atoms with Gasteiger partial charge in [0.15, 0.2) is 0 Å². The number of rotatable bonds is 5. The molecule has 0 aliphatic heterocycles. The number of hydrogen-bond donors (Lipinski definition) is 1. The summed E-state index contributed by atoms with van der Waals surface area (Å²) < 4.78 is 56.1. The highest BCUT2D eigenvalue weighted by Crippen LogP contribution is 2.31. The van der Waals surface area contributed by atoms with Crippen LogP contribution in [0.1, 0.15) is 26.2 Å². The van der Waals surface area contributed by atoms with Crippen LogP contribution in [-0.2, 0) is 24.4 Å². The van der Waals surface area contributed by atoms with Crippen LogP contribution in [0.3, 0.4) is 0 Å². The molecule has 15 heavy (non-hydrogen) atoms. The van der Waals surface area contributed by atoms with E-state index in [0.717, 1.165) is 19.3 Å². The van der Waals surface area contributed by atoms with E-state index in [1.165, 1.54) is 0 Å². The van der Waals surface area contributed by atoms with E-state index in [4.69, 9.17) is 4.55 Å². The summed E-state index contributed by atoms with van der Waals surface area (Å²) in [6.45, 7) is 1.59. The molecule has 8 heteroatoms. The van der Waals surface area contributed by atoms with Crippen LogP contribution in [0.4, 0.5) is 0 Å². The normalized spacial score (nSPS) is 20.9. The summed E-state index contributed by atoms with van der Waals surface area (Å²) in [4.78, 5) is 0. The van der Waals surface area contributed by atoms with Crippen LogP contribution in [0.5, 0.6) is 0 Å². The molecular weight excluding hydrogens is 244 g/mol. The summed E-state index contributed by atoms with van der Waals surface area (Å²) in [7, 11) is -8.75. The quantitative estimate of drug-likeness (QED) is 0.565. The predicted octanol–water partition coefficient (Wildman–Crippen LogP) is 0.367. The smallest absolute Gasteiger partial charge is 0.284 e. The third-order valence-electron chi connectivity index (χ3n) is 2.41. The van der Waals surface area contributed by atoms with Gasteiger partial charge in [-0.15, -0.1) is 0 Å². The standard InChI is InChI=1S/C7H14O6S2/c1-6(7-3-2-4-7)13-15(11,12)5-14(8,9)10/h6-7H,2-5H2,1H3,(H,8,9,10). The van der Waals surface area contributed by atoms with Gasteiger partial charge in [-0.05, 0) is 25.7 Å². The first kappa shape index (κ1) is 12.9. The molecule has 0 amide bonds. The Labute approximate surface area is 89.5 Å². The first-order chi connectivity index (χ1) is 6.70. The summed E-state index contributed by atoms with van der Waals surface area (Å²) in [6.07, 6.45) is 2.30. The Bertz CT molecular complexity index is 405. The van der Waals surface area contributed by atoms with E-state index in [0.29, 0.717) is 0 Å². The molecule has 0 spiro atoms. The summed E-state index contributed by atoms with van der Waals surface area (Å²) in [5.41, 5.74) is 0. The highest BCUT2D eigenvalue weighted by atomic mass is 32.3. The molecule has 6 nitrogen and oxygen atoms in total. The molecule has 0 saturated heterocycles. The lowest BCUT2D eigenvalue weighted by atomic mass is 9.82. The summed E-state index contributed by atoms with van der Waals surface area (Å²) in [5, 5.41) is -1.38. The molecule has 1 saturated carbocycles. The second kappa shape index (κ2) is 4.36. The van der Waals surface area contributed by atoms with Crippen LogP contribution < -0.4 is 0 Å². The molecule has 1 atom stereocenters. The Morgan fingerprint density at radius 1 is 1.33 bits per heavy atom. The Balaban J connectivity index is 2.55. The highest BCUT2D eigenvalue weighted by molar-refractivity contribution is 8.03. The van der Waals surface area contributed by atoms with Gasteiger partial charge in [0, 0.05) is 0 Å². The predicted molar refractivity (Wildman–Crippen MR) is 53.2 cm³/mol. The summed E-state index contributed by atoms with van der Waals surface area (Å²) in [5.74, 6) is 0.168. The van der Waals surface area contributed by atoms with Crippen molar-refractivity contribution in [3.63, 3.8) is 0 Å². The van der Waals surface area contributed by atoms with Crippen molar-refractivity contribution >= 4 is 20.2 Å². The van der Waals surface area contributed by atoms with Crippen LogP contribution in [0.2, 0.25) is 0 Å². The third-order valence-corrected chi connectivity index (χ3v) is 5.35. The van der Waals surface area contributed by atoms with E-state index in [1.54, 1.807) is 6.92 Å². The van der Waals surface area contributed by atoms with Crippen LogP contribution in [0, 0.1) is 5.92 Å². The minimum Gasteiger partial charge on any atom is -0.285 e. The van der Waals surface area contributed by atoms with Gasteiger partial charge in [-0.3, -0.25) is 8.74 Å². The topological polar surface area (TPSA) is 97.7 Å². The first-order valence-electron chi connectivity index (χ1n) is 4.56. The van der Waals surface area contributed by atoms with Gasteiger partial charge in [0.05, 0.1) is 6.10 Å². The van der Waals surface area contributed by atoms with Crippen molar-refractivity contribution in [1.82, 2.24) is 0 Å². The first-order valence-corrected chi connectivity index (χ1v) is 7.74. The molecule has 0 aromatic rings. The Morgan fingerprint density at radius 3 is 2.20 bits per heavy atom. The molecule has 0 heterocycles. The zero-order chi connectivity index (χ0) is 11.7. The van der Waals surface area contributed by atoms with Gasteiger partial charge in [0.2, 0.25) is 5.08 Å². The molecule has 90 valence electrons. The van der Waals surface area contributed by atoms with Crippen molar-refractivity contribution in [3.05, 3.63) is 0 Å². The van der Waals surface area contributed by atoms with E-state index in [2.05, 4.69) is 4.18 Å². The van der Waals surface area contributed by atoms with Crippen LogP contribution in [0.15, 0.2) is 0 Å². The van der Waals surface area contributed by atoms with Gasteiger partial charge in [0.25, 0.3) is 20.2 Å². The van der Waals surface area contributed by atoms with E-state index in [9.17, 15) is 16.8 Å². The van der Waals surface area contributed by atoms with Gasteiger partial charge >= 0.3 is 0 Å². The molecule has 1 fully saturated rings. The van der Waals surface area contributed by atoms with Crippen molar-refractivity contribution in [2.45, 2.75) is 32.3 Å². The number of hydrogen-bond acceptors (Lipinski definition) is 5. The lowest BCUT2D eigenvalue weighted by Crippen LogP contribution is -2.31. The molecule has 1 aliphatic carbocycles. The van der Waals surface area contributed by atoms with Gasteiger partial charge in [0.1, 0.15) is 0 Å². The van der Waals surface area contributed by atoms with E-state index >= 15 is 0 Å². The fourth-order valence-electron chi connectivity index (χ4n) is 1.43. The molecule has 0 aromatic heterocycles. The zero-order valence-electron chi connectivity index (χ0n) is 8.29.